The van der Waals surface area contributed by atoms with Crippen LogP contribution in [0.4, 0.5) is 0 Å². The zero-order chi connectivity index (χ0) is 16.7. The van der Waals surface area contributed by atoms with Crippen LogP contribution >= 0.6 is 39.9 Å². The van der Waals surface area contributed by atoms with Gasteiger partial charge in [0, 0.05) is 24.1 Å². The lowest BCUT2D eigenvalue weighted by Gasteiger charge is -2.32. The van der Waals surface area contributed by atoms with Gasteiger partial charge in [0.15, 0.2) is 5.96 Å². The highest BCUT2D eigenvalue weighted by Crippen LogP contribution is 2.17. The molecule has 0 saturated carbocycles. The zero-order valence-electron chi connectivity index (χ0n) is 14.2. The Kier molecular flexibility index (Phi) is 9.99. The first-order valence-electron chi connectivity index (χ1n) is 8.22. The summed E-state index contributed by atoms with van der Waals surface area (Å²) in [6.45, 7) is 7.20. The second-order valence-electron chi connectivity index (χ2n) is 5.80. The zero-order valence-corrected chi connectivity index (χ0v) is 18.2. The normalized spacial score (nSPS) is 17.2. The highest BCUT2D eigenvalue weighted by atomic mass is 127. The molecule has 0 radical (unpaired) electrons. The number of ether oxygens (including phenoxy) is 1. The van der Waals surface area contributed by atoms with E-state index in [4.69, 9.17) is 9.73 Å². The molecule has 1 heterocycles. The van der Waals surface area contributed by atoms with Gasteiger partial charge in [-0.2, -0.15) is 0 Å². The lowest BCUT2D eigenvalue weighted by Crippen LogP contribution is -2.47. The van der Waals surface area contributed by atoms with Gasteiger partial charge in [0.05, 0.1) is 12.6 Å². The van der Waals surface area contributed by atoms with Crippen molar-refractivity contribution in [2.45, 2.75) is 38.9 Å². The summed E-state index contributed by atoms with van der Waals surface area (Å²) in [6, 6.07) is 7.83. The van der Waals surface area contributed by atoms with Crippen molar-refractivity contribution in [3.63, 3.8) is 0 Å². The Bertz CT molecular complexity index is 505. The number of guanidine groups is 1. The van der Waals surface area contributed by atoms with Crippen molar-refractivity contribution in [2.75, 3.05) is 26.2 Å². The van der Waals surface area contributed by atoms with E-state index < -0.39 is 0 Å². The van der Waals surface area contributed by atoms with Crippen LogP contribution in [0.25, 0.3) is 0 Å². The Morgan fingerprint density at radius 2 is 2.00 bits per heavy atom. The minimum Gasteiger partial charge on any atom is -0.489 e. The van der Waals surface area contributed by atoms with Crippen molar-refractivity contribution in [1.29, 1.82) is 0 Å². The molecule has 0 amide bonds. The SMILES string of the molecule is CCNC(=NCC(C)Oc1ccc(Br)cc1)N1CCC(O)CC1.I. The van der Waals surface area contributed by atoms with Crippen molar-refractivity contribution in [2.24, 2.45) is 4.99 Å². The van der Waals surface area contributed by atoms with Crippen molar-refractivity contribution in [3.8, 4) is 5.75 Å². The number of nitrogens with zero attached hydrogens (tertiary/aromatic N) is 2. The molecule has 1 aliphatic rings. The molecular formula is C17H27BrIN3O2. The van der Waals surface area contributed by atoms with Crippen molar-refractivity contribution in [1.82, 2.24) is 10.2 Å². The first-order chi connectivity index (χ1) is 11.1. The lowest BCUT2D eigenvalue weighted by molar-refractivity contribution is 0.107. The molecule has 1 aromatic rings. The molecule has 5 nitrogen and oxygen atoms in total. The minimum atomic E-state index is -0.172. The topological polar surface area (TPSA) is 57.1 Å². The van der Waals surface area contributed by atoms with Gasteiger partial charge in [-0.05, 0) is 51.0 Å². The van der Waals surface area contributed by atoms with Gasteiger partial charge < -0.3 is 20.1 Å². The molecule has 1 atom stereocenters. The second kappa shape index (κ2) is 11.1. The molecule has 2 N–H and O–H groups in total. The molecule has 1 aromatic carbocycles. The molecule has 0 spiro atoms. The highest BCUT2D eigenvalue weighted by Gasteiger charge is 2.19. The van der Waals surface area contributed by atoms with Crippen LogP contribution in [0.2, 0.25) is 0 Å². The van der Waals surface area contributed by atoms with Gasteiger partial charge >= 0.3 is 0 Å². The molecule has 1 saturated heterocycles. The molecular weight excluding hydrogens is 485 g/mol. The van der Waals surface area contributed by atoms with Crippen LogP contribution in [-0.2, 0) is 0 Å². The summed E-state index contributed by atoms with van der Waals surface area (Å²) in [6.07, 6.45) is 1.43. The highest BCUT2D eigenvalue weighted by molar-refractivity contribution is 14.0. The van der Waals surface area contributed by atoms with E-state index in [0.29, 0.717) is 6.54 Å². The molecule has 1 aliphatic heterocycles. The van der Waals surface area contributed by atoms with E-state index in [9.17, 15) is 5.11 Å². The van der Waals surface area contributed by atoms with E-state index >= 15 is 0 Å². The third kappa shape index (κ3) is 7.14. The number of rotatable bonds is 5. The molecule has 1 fully saturated rings. The number of benzene rings is 1. The predicted octanol–water partition coefficient (Wildman–Crippen LogP) is 3.26. The van der Waals surface area contributed by atoms with Crippen molar-refractivity contribution >= 4 is 45.9 Å². The van der Waals surface area contributed by atoms with E-state index in [1.54, 1.807) is 0 Å². The average Bonchev–Trinajstić information content (AvgIpc) is 2.54. The minimum absolute atomic E-state index is 0. The van der Waals surface area contributed by atoms with Crippen LogP contribution < -0.4 is 10.1 Å². The van der Waals surface area contributed by atoms with Gasteiger partial charge in [0.1, 0.15) is 11.9 Å². The number of aliphatic hydroxyl groups excluding tert-OH is 1. The van der Waals surface area contributed by atoms with Crippen LogP contribution in [-0.4, -0.2) is 54.4 Å². The van der Waals surface area contributed by atoms with Crippen LogP contribution in [0.15, 0.2) is 33.7 Å². The number of halogens is 2. The van der Waals surface area contributed by atoms with Crippen LogP contribution in [0, 0.1) is 0 Å². The first-order valence-corrected chi connectivity index (χ1v) is 9.01. The summed E-state index contributed by atoms with van der Waals surface area (Å²) in [7, 11) is 0. The fourth-order valence-electron chi connectivity index (χ4n) is 2.50. The van der Waals surface area contributed by atoms with E-state index in [1.807, 2.05) is 31.2 Å². The lowest BCUT2D eigenvalue weighted by atomic mass is 10.1. The fourth-order valence-corrected chi connectivity index (χ4v) is 2.77. The molecule has 136 valence electrons. The van der Waals surface area contributed by atoms with Crippen molar-refractivity contribution < 1.29 is 9.84 Å². The number of hydrogen-bond donors (Lipinski definition) is 2. The summed E-state index contributed by atoms with van der Waals surface area (Å²) in [5.41, 5.74) is 0. The van der Waals surface area contributed by atoms with Gasteiger partial charge in [0.25, 0.3) is 0 Å². The quantitative estimate of drug-likeness (QED) is 0.362. The fraction of sp³-hybridized carbons (Fsp3) is 0.588. The van der Waals surface area contributed by atoms with Crippen LogP contribution in [0.1, 0.15) is 26.7 Å². The Morgan fingerprint density at radius 1 is 1.38 bits per heavy atom. The maximum atomic E-state index is 9.63. The molecule has 2 rings (SSSR count). The average molecular weight is 512 g/mol. The maximum absolute atomic E-state index is 9.63. The standard InChI is InChI=1S/C17H26BrN3O2.HI/c1-3-19-17(21-10-8-15(22)9-11-21)20-12-13(2)23-16-6-4-14(18)5-7-16;/h4-7,13,15,22H,3,8-12H2,1-2H3,(H,19,20);1H. The van der Waals surface area contributed by atoms with E-state index in [-0.39, 0.29) is 36.2 Å². The summed E-state index contributed by atoms with van der Waals surface area (Å²) >= 11 is 3.42. The third-order valence-electron chi connectivity index (χ3n) is 3.75. The summed E-state index contributed by atoms with van der Waals surface area (Å²) in [5.74, 6) is 1.76. The molecule has 0 bridgehead atoms. The Labute approximate surface area is 170 Å². The third-order valence-corrected chi connectivity index (χ3v) is 4.28. The van der Waals surface area contributed by atoms with Gasteiger partial charge in [-0.3, -0.25) is 0 Å². The van der Waals surface area contributed by atoms with E-state index in [0.717, 1.165) is 48.7 Å². The Hall–Kier alpha value is -0.540. The first kappa shape index (κ1) is 21.5. The van der Waals surface area contributed by atoms with E-state index in [1.165, 1.54) is 0 Å². The van der Waals surface area contributed by atoms with E-state index in [2.05, 4.69) is 33.1 Å². The molecule has 0 aromatic heterocycles. The van der Waals surface area contributed by atoms with Gasteiger partial charge in [-0.15, -0.1) is 24.0 Å². The number of nitrogens with one attached hydrogen (secondary N) is 1. The van der Waals surface area contributed by atoms with Gasteiger partial charge in [0.2, 0.25) is 0 Å². The smallest absolute Gasteiger partial charge is 0.194 e. The van der Waals surface area contributed by atoms with Crippen molar-refractivity contribution in [3.05, 3.63) is 28.7 Å². The number of aliphatic imine (C=N–C) groups is 1. The molecule has 1 unspecified atom stereocenters. The van der Waals surface area contributed by atoms with Crippen LogP contribution in [0.3, 0.4) is 0 Å². The molecule has 0 aliphatic carbocycles. The Morgan fingerprint density at radius 3 is 2.58 bits per heavy atom. The molecule has 24 heavy (non-hydrogen) atoms. The summed E-state index contributed by atoms with van der Waals surface area (Å²) < 4.78 is 6.93. The van der Waals surface area contributed by atoms with Crippen LogP contribution in [0.5, 0.6) is 5.75 Å². The largest absolute Gasteiger partial charge is 0.489 e. The predicted molar refractivity (Wildman–Crippen MR) is 112 cm³/mol. The number of likely N-dealkylation sites (tertiary alicyclic amines) is 1. The van der Waals surface area contributed by atoms with Gasteiger partial charge in [-0.25, -0.2) is 4.99 Å². The number of hydrogen-bond acceptors (Lipinski definition) is 3. The number of aliphatic hydroxyl groups is 1. The summed E-state index contributed by atoms with van der Waals surface area (Å²) in [4.78, 5) is 6.90. The maximum Gasteiger partial charge on any atom is 0.194 e. The Balaban J connectivity index is 0.00000288. The second-order valence-corrected chi connectivity index (χ2v) is 6.71. The van der Waals surface area contributed by atoms with Gasteiger partial charge in [-0.1, -0.05) is 15.9 Å². The molecule has 7 heteroatoms. The monoisotopic (exact) mass is 511 g/mol. The summed E-state index contributed by atoms with van der Waals surface area (Å²) in [5, 5.41) is 13.0. The number of piperidine rings is 1.